The Hall–Kier alpha value is -2.79. The second kappa shape index (κ2) is 11.1. The Bertz CT molecular complexity index is 1290. The molecule has 11 heteroatoms. The van der Waals surface area contributed by atoms with Gasteiger partial charge in [0.15, 0.2) is 0 Å². The minimum absolute atomic E-state index is 0.00870. The minimum atomic E-state index is -3.97. The van der Waals surface area contributed by atoms with Crippen LogP contribution in [0.4, 0.5) is 16.2 Å². The highest BCUT2D eigenvalue weighted by Gasteiger charge is 2.32. The van der Waals surface area contributed by atoms with Gasteiger partial charge in [-0.3, -0.25) is 4.31 Å². The monoisotopic (exact) mass is 536 g/mol. The van der Waals surface area contributed by atoms with E-state index in [1.807, 2.05) is 32.9 Å². The number of hydrogen-bond donors (Lipinski definition) is 2. The van der Waals surface area contributed by atoms with Gasteiger partial charge in [0.1, 0.15) is 0 Å². The Balaban J connectivity index is 1.90. The predicted molar refractivity (Wildman–Crippen MR) is 143 cm³/mol. The molecule has 0 spiro atoms. The number of aryl methyl sites for hydroxylation is 1. The number of amides is 1. The number of likely N-dealkylation sites (tertiary alicyclic amines) is 1. The number of rotatable bonds is 10. The summed E-state index contributed by atoms with van der Waals surface area (Å²) in [5, 5.41) is 3.20. The molecule has 0 saturated carbocycles. The molecule has 36 heavy (non-hydrogen) atoms. The molecule has 2 N–H and O–H groups in total. The second-order valence-corrected chi connectivity index (χ2v) is 13.6. The molecular weight excluding hydrogens is 500 g/mol. The number of nitrogens with zero attached hydrogens (tertiary/aromatic N) is 2. The van der Waals surface area contributed by atoms with Crippen molar-refractivity contribution in [3.8, 4) is 0 Å². The van der Waals surface area contributed by atoms with Crippen molar-refractivity contribution in [3.63, 3.8) is 0 Å². The van der Waals surface area contributed by atoms with Crippen LogP contribution in [0, 0.1) is 16.6 Å². The van der Waals surface area contributed by atoms with Crippen molar-refractivity contribution in [1.29, 1.82) is 4.78 Å². The zero-order valence-corrected chi connectivity index (χ0v) is 23.1. The number of nitrogens with one attached hydrogen (secondary N) is 2. The molecule has 1 saturated heterocycles. The number of hydrogen-bond acceptors (Lipinski definition) is 7. The van der Waals surface area contributed by atoms with Gasteiger partial charge >= 0.3 is 6.09 Å². The van der Waals surface area contributed by atoms with Gasteiger partial charge in [0.25, 0.3) is 10.0 Å². The summed E-state index contributed by atoms with van der Waals surface area (Å²) in [7, 11) is -5.87. The van der Waals surface area contributed by atoms with Crippen LogP contribution in [0.5, 0.6) is 0 Å². The summed E-state index contributed by atoms with van der Waals surface area (Å²) >= 11 is 0. The summed E-state index contributed by atoms with van der Waals surface area (Å²) in [4.78, 5) is 13.3. The fraction of sp³-hybridized carbons (Fsp3) is 0.480. The molecule has 0 aliphatic carbocycles. The van der Waals surface area contributed by atoms with Crippen LogP contribution in [0.15, 0.2) is 52.3 Å². The summed E-state index contributed by atoms with van der Waals surface area (Å²) in [6.07, 6.45) is 1.76. The maximum Gasteiger partial charge on any atom is 0.409 e. The number of benzene rings is 2. The Morgan fingerprint density at radius 2 is 1.81 bits per heavy atom. The predicted octanol–water partition coefficient (Wildman–Crippen LogP) is 4.25. The number of anilines is 2. The van der Waals surface area contributed by atoms with Gasteiger partial charge in [0.05, 0.1) is 38.0 Å². The molecule has 1 atom stereocenters. The number of ether oxygens (including phenoxy) is 1. The highest BCUT2D eigenvalue weighted by molar-refractivity contribution is 7.93. The normalized spacial score (nSPS) is 15.8. The van der Waals surface area contributed by atoms with Crippen molar-refractivity contribution in [2.75, 3.05) is 49.2 Å². The highest BCUT2D eigenvalue weighted by atomic mass is 32.2. The lowest BCUT2D eigenvalue weighted by atomic mass is 10.0. The third-order valence-electron chi connectivity index (χ3n) is 6.10. The van der Waals surface area contributed by atoms with Crippen LogP contribution < -0.4 is 9.62 Å². The fourth-order valence-electron chi connectivity index (χ4n) is 4.06. The van der Waals surface area contributed by atoms with E-state index in [2.05, 4.69) is 5.32 Å². The van der Waals surface area contributed by atoms with Crippen molar-refractivity contribution < 1.29 is 22.2 Å². The zero-order chi connectivity index (χ0) is 26.7. The van der Waals surface area contributed by atoms with E-state index in [0.717, 1.165) is 12.0 Å². The maximum atomic E-state index is 13.8. The molecule has 1 amide bonds. The van der Waals surface area contributed by atoms with E-state index in [1.165, 1.54) is 29.8 Å². The lowest BCUT2D eigenvalue weighted by molar-refractivity contribution is 0.0716. The highest BCUT2D eigenvalue weighted by Crippen LogP contribution is 2.31. The third kappa shape index (κ3) is 6.31. The molecule has 0 radical (unpaired) electrons. The molecular formula is C25H36N4O5S2. The first-order chi connectivity index (χ1) is 16.9. The average Bonchev–Trinajstić information content (AvgIpc) is 2.80. The topological polar surface area (TPSA) is 120 Å². The molecule has 3 rings (SSSR count). The van der Waals surface area contributed by atoms with E-state index >= 15 is 0 Å². The molecule has 1 heterocycles. The average molecular weight is 537 g/mol. The summed E-state index contributed by atoms with van der Waals surface area (Å²) in [5.74, 6) is 0.247. The van der Waals surface area contributed by atoms with Crippen molar-refractivity contribution >= 4 is 37.2 Å². The molecule has 1 fully saturated rings. The van der Waals surface area contributed by atoms with E-state index in [0.29, 0.717) is 31.0 Å². The molecule has 0 aromatic heterocycles. The number of sulfonamides is 1. The van der Waals surface area contributed by atoms with Crippen molar-refractivity contribution in [2.24, 2.45) is 11.8 Å². The Labute approximate surface area is 214 Å². The first-order valence-corrected chi connectivity index (χ1v) is 15.3. The van der Waals surface area contributed by atoms with Crippen molar-refractivity contribution in [3.05, 3.63) is 48.0 Å². The van der Waals surface area contributed by atoms with Crippen LogP contribution in [0.3, 0.4) is 0 Å². The maximum absolute atomic E-state index is 13.8. The van der Waals surface area contributed by atoms with Crippen LogP contribution in [-0.2, 0) is 30.9 Å². The van der Waals surface area contributed by atoms with Gasteiger partial charge < -0.3 is 15.0 Å². The standard InChI is InChI=1S/C25H36N4O5S2/c1-6-19-7-9-21(10-8-19)29(15-18(2)3)36(32,33)22-11-12-23(24(13-22)35(5,26)31)27-14-20-16-28(17-20)25(30)34-4/h7-13,18,20,26-27H,6,14-17H2,1-5H3. The summed E-state index contributed by atoms with van der Waals surface area (Å²) < 4.78 is 54.7. The largest absolute Gasteiger partial charge is 0.453 e. The summed E-state index contributed by atoms with van der Waals surface area (Å²) in [6, 6.07) is 11.9. The van der Waals surface area contributed by atoms with Gasteiger partial charge in [0.2, 0.25) is 0 Å². The molecule has 2 aromatic rings. The molecule has 0 bridgehead atoms. The van der Waals surface area contributed by atoms with Crippen LogP contribution in [0.2, 0.25) is 0 Å². The quantitative estimate of drug-likeness (QED) is 0.469. The lowest BCUT2D eigenvalue weighted by Crippen LogP contribution is -2.52. The first kappa shape index (κ1) is 27.8. The molecule has 2 aromatic carbocycles. The van der Waals surface area contributed by atoms with Gasteiger partial charge in [-0.25, -0.2) is 22.2 Å². The van der Waals surface area contributed by atoms with Crippen LogP contribution >= 0.6 is 0 Å². The summed E-state index contributed by atoms with van der Waals surface area (Å²) in [5.41, 5.74) is 2.13. The minimum Gasteiger partial charge on any atom is -0.453 e. The third-order valence-corrected chi connectivity index (χ3v) is 9.06. The fourth-order valence-corrected chi connectivity index (χ4v) is 6.70. The SMILES string of the molecule is CCc1ccc(N(CC(C)C)S(=O)(=O)c2ccc(NCC3CN(C(=O)OC)C3)c(S(C)(=N)=O)c2)cc1. The molecule has 9 nitrogen and oxygen atoms in total. The van der Waals surface area contributed by atoms with Crippen molar-refractivity contribution in [1.82, 2.24) is 4.90 Å². The van der Waals surface area contributed by atoms with E-state index in [1.54, 1.807) is 23.1 Å². The Morgan fingerprint density at radius 3 is 2.33 bits per heavy atom. The Morgan fingerprint density at radius 1 is 1.17 bits per heavy atom. The van der Waals surface area contributed by atoms with Crippen LogP contribution in [-0.4, -0.2) is 63.2 Å². The number of methoxy groups -OCH3 is 1. The Kier molecular flexibility index (Phi) is 8.55. The smallest absolute Gasteiger partial charge is 0.409 e. The molecule has 198 valence electrons. The van der Waals surface area contributed by atoms with Gasteiger partial charge in [-0.1, -0.05) is 32.9 Å². The molecule has 1 aliphatic rings. The lowest BCUT2D eigenvalue weighted by Gasteiger charge is -2.38. The zero-order valence-electron chi connectivity index (χ0n) is 21.5. The van der Waals surface area contributed by atoms with Gasteiger partial charge in [-0.15, -0.1) is 0 Å². The first-order valence-electron chi connectivity index (χ1n) is 11.9. The van der Waals surface area contributed by atoms with Gasteiger partial charge in [-0.05, 0) is 48.2 Å². The molecule has 1 aliphatic heterocycles. The number of carbonyl (C=O) groups is 1. The van der Waals surface area contributed by atoms with E-state index < -0.39 is 19.8 Å². The van der Waals surface area contributed by atoms with Crippen LogP contribution in [0.1, 0.15) is 26.3 Å². The van der Waals surface area contributed by atoms with Crippen molar-refractivity contribution in [2.45, 2.75) is 37.0 Å². The second-order valence-electron chi connectivity index (χ2n) is 9.57. The van der Waals surface area contributed by atoms with Crippen LogP contribution in [0.25, 0.3) is 0 Å². The van der Waals surface area contributed by atoms with Gasteiger partial charge in [0, 0.05) is 38.4 Å². The number of carbonyl (C=O) groups excluding carboxylic acids is 1. The summed E-state index contributed by atoms with van der Waals surface area (Å²) in [6.45, 7) is 7.78. The van der Waals surface area contributed by atoms with E-state index in [-0.39, 0.29) is 34.3 Å². The van der Waals surface area contributed by atoms with Gasteiger partial charge in [-0.2, -0.15) is 0 Å². The van der Waals surface area contributed by atoms with E-state index in [9.17, 15) is 17.4 Å². The van der Waals surface area contributed by atoms with E-state index in [4.69, 9.17) is 9.52 Å². The molecule has 1 unspecified atom stereocenters.